The van der Waals surface area contributed by atoms with Gasteiger partial charge in [-0.1, -0.05) is 6.42 Å². The van der Waals surface area contributed by atoms with Gasteiger partial charge in [-0.25, -0.2) is 4.98 Å². The SMILES string of the molecule is CC(=O)Nc1nc(CN(C)CC2CCCCN2)cs1. The van der Waals surface area contributed by atoms with Gasteiger partial charge >= 0.3 is 0 Å². The number of amides is 1. The van der Waals surface area contributed by atoms with Gasteiger partial charge in [-0.15, -0.1) is 11.3 Å². The first kappa shape index (κ1) is 14.4. The van der Waals surface area contributed by atoms with Crippen LogP contribution >= 0.6 is 11.3 Å². The summed E-state index contributed by atoms with van der Waals surface area (Å²) in [4.78, 5) is 17.6. The van der Waals surface area contributed by atoms with Crippen LogP contribution in [0.15, 0.2) is 5.38 Å². The van der Waals surface area contributed by atoms with Gasteiger partial charge in [0.05, 0.1) is 5.69 Å². The number of nitrogens with one attached hydrogen (secondary N) is 2. The van der Waals surface area contributed by atoms with Crippen LogP contribution in [0.5, 0.6) is 0 Å². The number of anilines is 1. The van der Waals surface area contributed by atoms with Crippen LogP contribution in [0.2, 0.25) is 0 Å². The molecular weight excluding hydrogens is 260 g/mol. The Bertz CT molecular complexity index is 415. The quantitative estimate of drug-likeness (QED) is 0.862. The van der Waals surface area contributed by atoms with Crippen LogP contribution in [0.3, 0.4) is 0 Å². The van der Waals surface area contributed by atoms with Gasteiger partial charge in [0.15, 0.2) is 5.13 Å². The third-order valence-corrected chi connectivity index (χ3v) is 4.02. The lowest BCUT2D eigenvalue weighted by molar-refractivity contribution is -0.114. The number of piperidine rings is 1. The summed E-state index contributed by atoms with van der Waals surface area (Å²) in [7, 11) is 2.12. The zero-order valence-corrected chi connectivity index (χ0v) is 12.4. The van der Waals surface area contributed by atoms with E-state index >= 15 is 0 Å². The summed E-state index contributed by atoms with van der Waals surface area (Å²) in [6.07, 6.45) is 3.89. The van der Waals surface area contributed by atoms with Gasteiger partial charge in [0, 0.05) is 31.4 Å². The standard InChI is InChI=1S/C13H22N4OS/c1-10(18)15-13-16-12(9-19-13)8-17(2)7-11-5-3-4-6-14-11/h9,11,14H,3-8H2,1-2H3,(H,15,16,18). The van der Waals surface area contributed by atoms with E-state index in [4.69, 9.17) is 0 Å². The highest BCUT2D eigenvalue weighted by Gasteiger charge is 2.15. The van der Waals surface area contributed by atoms with Crippen molar-refractivity contribution in [2.75, 3.05) is 25.5 Å². The summed E-state index contributed by atoms with van der Waals surface area (Å²) >= 11 is 1.48. The normalized spacial score (nSPS) is 19.6. The van der Waals surface area contributed by atoms with Crippen molar-refractivity contribution in [3.8, 4) is 0 Å². The number of carbonyl (C=O) groups is 1. The molecule has 0 aromatic carbocycles. The number of thiazole rings is 1. The molecule has 0 spiro atoms. The van der Waals surface area contributed by atoms with E-state index in [1.54, 1.807) is 0 Å². The van der Waals surface area contributed by atoms with Crippen molar-refractivity contribution < 1.29 is 4.79 Å². The molecule has 2 rings (SSSR count). The molecule has 1 aliphatic heterocycles. The van der Waals surface area contributed by atoms with Crippen LogP contribution in [0.4, 0.5) is 5.13 Å². The van der Waals surface area contributed by atoms with Crippen LogP contribution in [0, 0.1) is 0 Å². The summed E-state index contributed by atoms with van der Waals surface area (Å²) in [6.45, 7) is 4.52. The fourth-order valence-electron chi connectivity index (χ4n) is 2.38. The molecule has 1 aromatic heterocycles. The zero-order chi connectivity index (χ0) is 13.7. The molecule has 1 unspecified atom stereocenters. The predicted octanol–water partition coefficient (Wildman–Crippen LogP) is 1.68. The zero-order valence-electron chi connectivity index (χ0n) is 11.6. The maximum atomic E-state index is 10.9. The van der Waals surface area contributed by atoms with Crippen molar-refractivity contribution in [2.45, 2.75) is 38.8 Å². The van der Waals surface area contributed by atoms with Gasteiger partial charge in [0.1, 0.15) is 0 Å². The maximum absolute atomic E-state index is 10.9. The Morgan fingerprint density at radius 3 is 3.16 bits per heavy atom. The highest BCUT2D eigenvalue weighted by atomic mass is 32.1. The Kier molecular flexibility index (Phi) is 5.30. The van der Waals surface area contributed by atoms with Gasteiger partial charge in [-0.2, -0.15) is 0 Å². The number of hydrogen-bond acceptors (Lipinski definition) is 5. The number of rotatable bonds is 5. The van der Waals surface area contributed by atoms with Crippen molar-refractivity contribution in [3.05, 3.63) is 11.1 Å². The monoisotopic (exact) mass is 282 g/mol. The second-order valence-corrected chi connectivity index (χ2v) is 6.03. The molecule has 1 saturated heterocycles. The highest BCUT2D eigenvalue weighted by molar-refractivity contribution is 7.13. The molecular formula is C13H22N4OS. The molecule has 6 heteroatoms. The first-order valence-electron chi connectivity index (χ1n) is 6.77. The lowest BCUT2D eigenvalue weighted by atomic mass is 10.0. The van der Waals surface area contributed by atoms with E-state index in [0.717, 1.165) is 25.3 Å². The van der Waals surface area contributed by atoms with E-state index in [9.17, 15) is 4.79 Å². The molecule has 1 fully saturated rings. The number of aromatic nitrogens is 1. The van der Waals surface area contributed by atoms with Crippen molar-refractivity contribution in [1.29, 1.82) is 0 Å². The number of carbonyl (C=O) groups excluding carboxylic acids is 1. The summed E-state index contributed by atoms with van der Waals surface area (Å²) in [5, 5.41) is 8.96. The Morgan fingerprint density at radius 1 is 1.63 bits per heavy atom. The molecule has 0 bridgehead atoms. The molecule has 0 radical (unpaired) electrons. The molecule has 1 atom stereocenters. The molecule has 0 aliphatic carbocycles. The number of nitrogens with zero attached hydrogens (tertiary/aromatic N) is 2. The summed E-state index contributed by atoms with van der Waals surface area (Å²) in [5.41, 5.74) is 1.02. The smallest absolute Gasteiger partial charge is 0.223 e. The molecule has 1 aliphatic rings. The molecule has 5 nitrogen and oxygen atoms in total. The van der Waals surface area contributed by atoms with Crippen LogP contribution in [0.25, 0.3) is 0 Å². The summed E-state index contributed by atoms with van der Waals surface area (Å²) in [6, 6.07) is 0.604. The average Bonchev–Trinajstić information content (AvgIpc) is 2.76. The topological polar surface area (TPSA) is 57.3 Å². The molecule has 1 aromatic rings. The first-order valence-corrected chi connectivity index (χ1v) is 7.65. The number of hydrogen-bond donors (Lipinski definition) is 2. The molecule has 106 valence electrons. The van der Waals surface area contributed by atoms with E-state index in [1.807, 2.05) is 5.38 Å². The predicted molar refractivity (Wildman–Crippen MR) is 78.4 cm³/mol. The van der Waals surface area contributed by atoms with E-state index in [-0.39, 0.29) is 5.91 Å². The van der Waals surface area contributed by atoms with E-state index in [1.165, 1.54) is 37.5 Å². The molecule has 1 amide bonds. The minimum Gasteiger partial charge on any atom is -0.313 e. The van der Waals surface area contributed by atoms with Crippen LogP contribution < -0.4 is 10.6 Å². The fourth-order valence-corrected chi connectivity index (χ4v) is 3.13. The molecule has 0 saturated carbocycles. The lowest BCUT2D eigenvalue weighted by Gasteiger charge is -2.27. The first-order chi connectivity index (χ1) is 9.13. The maximum Gasteiger partial charge on any atom is 0.223 e. The third kappa shape index (κ3) is 4.89. The van der Waals surface area contributed by atoms with E-state index in [2.05, 4.69) is 27.6 Å². The summed E-state index contributed by atoms with van der Waals surface area (Å²) < 4.78 is 0. The van der Waals surface area contributed by atoms with Crippen LogP contribution in [-0.4, -0.2) is 42.0 Å². The Balaban J connectivity index is 1.79. The van der Waals surface area contributed by atoms with Gasteiger partial charge in [-0.3, -0.25) is 9.69 Å². The largest absolute Gasteiger partial charge is 0.313 e. The molecule has 2 N–H and O–H groups in total. The van der Waals surface area contributed by atoms with Gasteiger partial charge in [0.2, 0.25) is 5.91 Å². The highest BCUT2D eigenvalue weighted by Crippen LogP contribution is 2.17. The van der Waals surface area contributed by atoms with Crippen molar-refractivity contribution in [3.63, 3.8) is 0 Å². The minimum absolute atomic E-state index is 0.0688. The summed E-state index contributed by atoms with van der Waals surface area (Å²) in [5.74, 6) is -0.0688. The van der Waals surface area contributed by atoms with Crippen molar-refractivity contribution in [1.82, 2.24) is 15.2 Å². The Morgan fingerprint density at radius 2 is 2.47 bits per heavy atom. The second kappa shape index (κ2) is 6.98. The third-order valence-electron chi connectivity index (χ3n) is 3.21. The Labute approximate surface area is 118 Å². The fraction of sp³-hybridized carbons (Fsp3) is 0.692. The van der Waals surface area contributed by atoms with Crippen LogP contribution in [0.1, 0.15) is 31.9 Å². The van der Waals surface area contributed by atoms with E-state index < -0.39 is 0 Å². The minimum atomic E-state index is -0.0688. The Hall–Kier alpha value is -0.980. The second-order valence-electron chi connectivity index (χ2n) is 5.17. The van der Waals surface area contributed by atoms with Gasteiger partial charge in [0.25, 0.3) is 0 Å². The molecule has 2 heterocycles. The van der Waals surface area contributed by atoms with E-state index in [0.29, 0.717) is 11.2 Å². The van der Waals surface area contributed by atoms with Gasteiger partial charge < -0.3 is 10.6 Å². The van der Waals surface area contributed by atoms with Crippen molar-refractivity contribution in [2.24, 2.45) is 0 Å². The van der Waals surface area contributed by atoms with Crippen molar-refractivity contribution >= 4 is 22.4 Å². The average molecular weight is 282 g/mol. The van der Waals surface area contributed by atoms with Crippen LogP contribution in [-0.2, 0) is 11.3 Å². The number of likely N-dealkylation sites (N-methyl/N-ethyl adjacent to an activating group) is 1. The molecule has 19 heavy (non-hydrogen) atoms. The van der Waals surface area contributed by atoms with Gasteiger partial charge in [-0.05, 0) is 26.4 Å². The lowest BCUT2D eigenvalue weighted by Crippen LogP contribution is -2.42.